The molecule has 3 aliphatic carbocycles. The normalized spacial score (nSPS) is 18.0. The average Bonchev–Trinajstić information content (AvgIpc) is 3.56. The molecule has 4 aromatic heterocycles. The summed E-state index contributed by atoms with van der Waals surface area (Å²) in [6.45, 7) is 6.92. The Balaban J connectivity index is 0.000000190. The first-order chi connectivity index (χ1) is 26.5. The Morgan fingerprint density at radius 1 is 0.768 bits per heavy atom. The van der Waals surface area contributed by atoms with E-state index in [1.807, 2.05) is 48.7 Å². The molecule has 7 aromatic rings. The average molecular weight is 977 g/mol. The second kappa shape index (κ2) is 16.9. The van der Waals surface area contributed by atoms with Crippen LogP contribution >= 0.6 is 0 Å². The first-order valence-corrected chi connectivity index (χ1v) is 27.5. The van der Waals surface area contributed by atoms with E-state index in [0.717, 1.165) is 74.3 Å². The second-order valence-corrected chi connectivity index (χ2v) is 28.7. The molecule has 3 fully saturated rings. The summed E-state index contributed by atoms with van der Waals surface area (Å²) in [5.74, 6) is 10.1. The van der Waals surface area contributed by atoms with Gasteiger partial charge in [-0.25, -0.2) is 4.98 Å². The first-order valence-electron chi connectivity index (χ1n) is 20.2. The summed E-state index contributed by atoms with van der Waals surface area (Å²) < 4.78 is 7.63. The van der Waals surface area contributed by atoms with Crippen molar-refractivity contribution in [1.29, 1.82) is 0 Å². The monoisotopic (exact) mass is 978 g/mol. The van der Waals surface area contributed by atoms with Gasteiger partial charge in [0.1, 0.15) is 0 Å². The van der Waals surface area contributed by atoms with Gasteiger partial charge in [-0.05, 0) is 67.3 Å². The van der Waals surface area contributed by atoms with Gasteiger partial charge >= 0.3 is 132 Å². The van der Waals surface area contributed by atoms with E-state index in [0.29, 0.717) is 11.1 Å². The van der Waals surface area contributed by atoms with E-state index in [2.05, 4.69) is 111 Å². The smallest absolute Gasteiger partial charge is 0.216 e. The molecule has 10 rings (SSSR count). The molecule has 0 aliphatic heterocycles. The van der Waals surface area contributed by atoms with Gasteiger partial charge in [0.05, 0.1) is 11.3 Å². The van der Waals surface area contributed by atoms with Gasteiger partial charge in [0, 0.05) is 37.3 Å². The van der Waals surface area contributed by atoms with Crippen molar-refractivity contribution in [2.24, 2.45) is 23.2 Å². The molecule has 3 aliphatic rings. The van der Waals surface area contributed by atoms with Crippen LogP contribution in [0.25, 0.3) is 55.8 Å². The van der Waals surface area contributed by atoms with Crippen LogP contribution in [0, 0.1) is 35.3 Å². The van der Waals surface area contributed by atoms with Gasteiger partial charge in [-0.1, -0.05) is 60.2 Å². The Kier molecular flexibility index (Phi) is 12.2. The molecule has 4 nitrogen and oxygen atoms in total. The molecule has 0 N–H and O–H groups in total. The Bertz CT molecular complexity index is 2400. The zero-order valence-electron chi connectivity index (χ0n) is 33.7. The van der Waals surface area contributed by atoms with Crippen molar-refractivity contribution >= 4 is 39.7 Å². The van der Waals surface area contributed by atoms with E-state index >= 15 is 0 Å². The fourth-order valence-electron chi connectivity index (χ4n) is 8.93. The zero-order valence-corrected chi connectivity index (χ0v) is 38.2. The molecule has 0 saturated heterocycles. The van der Waals surface area contributed by atoms with E-state index in [-0.39, 0.29) is 20.1 Å². The molecule has 56 heavy (non-hydrogen) atoms. The van der Waals surface area contributed by atoms with Crippen molar-refractivity contribution < 1.29 is 24.5 Å². The number of benzene rings is 3. The molecule has 0 amide bonds. The summed E-state index contributed by atoms with van der Waals surface area (Å²) in [6, 6.07) is 40.0. The van der Waals surface area contributed by atoms with Crippen LogP contribution in [0.4, 0.5) is 0 Å². The summed E-state index contributed by atoms with van der Waals surface area (Å²) in [4.78, 5) is 14.2. The third-order valence-electron chi connectivity index (χ3n) is 11.6. The molecule has 6 heteroatoms. The van der Waals surface area contributed by atoms with Crippen molar-refractivity contribution in [2.45, 2.75) is 83.0 Å². The van der Waals surface area contributed by atoms with Gasteiger partial charge in [-0.3, -0.25) is 0 Å². The van der Waals surface area contributed by atoms with Crippen LogP contribution in [-0.2, 0) is 32.9 Å². The molecule has 289 valence electrons. The second-order valence-electron chi connectivity index (χ2n) is 18.2. The minimum absolute atomic E-state index is 0. The summed E-state index contributed by atoms with van der Waals surface area (Å²) >= 11 is -1.90. The van der Waals surface area contributed by atoms with Gasteiger partial charge in [0.15, 0.2) is 0 Å². The van der Waals surface area contributed by atoms with Gasteiger partial charge in [0.2, 0.25) is 5.71 Å². The van der Waals surface area contributed by atoms with Crippen molar-refractivity contribution in [3.63, 3.8) is 0 Å². The van der Waals surface area contributed by atoms with Crippen LogP contribution in [0.3, 0.4) is 0 Å². The van der Waals surface area contributed by atoms with Crippen LogP contribution in [-0.4, -0.2) is 28.2 Å². The van der Waals surface area contributed by atoms with E-state index in [9.17, 15) is 0 Å². The van der Waals surface area contributed by atoms with Gasteiger partial charge in [0.25, 0.3) is 0 Å². The number of aromatic nitrogens is 3. The van der Waals surface area contributed by atoms with Gasteiger partial charge < -0.3 is 9.40 Å². The fourth-order valence-corrected chi connectivity index (χ4v) is 12.2. The third kappa shape index (κ3) is 9.28. The van der Waals surface area contributed by atoms with Crippen LogP contribution in [0.15, 0.2) is 114 Å². The number of nitrogens with zero attached hydrogens (tertiary/aromatic N) is 3. The number of rotatable bonds is 7. The maximum absolute atomic E-state index is 6.10. The maximum Gasteiger partial charge on any atom is 0.216 e. The van der Waals surface area contributed by atoms with Crippen molar-refractivity contribution in [1.82, 2.24) is 15.0 Å². The van der Waals surface area contributed by atoms with E-state index in [1.165, 1.54) is 54.0 Å². The third-order valence-corrected chi connectivity index (χ3v) is 16.0. The summed E-state index contributed by atoms with van der Waals surface area (Å²) in [6.07, 6.45) is 13.6. The molecule has 1 atom stereocenters. The van der Waals surface area contributed by atoms with Crippen molar-refractivity contribution in [3.05, 3.63) is 133 Å². The fraction of sp³-hybridized carbons (Fsp3) is 0.340. The quantitative estimate of drug-likeness (QED) is 0.118. The minimum atomic E-state index is -1.90. The zero-order chi connectivity index (χ0) is 38.2. The molecule has 2 bridgehead atoms. The first kappa shape index (κ1) is 40.3. The van der Waals surface area contributed by atoms with Crippen molar-refractivity contribution in [3.8, 4) is 33.8 Å². The minimum Gasteiger partial charge on any atom is -0.486 e. The van der Waals surface area contributed by atoms with Crippen LogP contribution in [0.2, 0.25) is 17.3 Å². The SMILES string of the molecule is CC(C)(C)Cc1cc(-c2[c-]cccc2)nc[c]1[Ge]([CH3])([CH3])[CH3].[Ir].[c-]1cc2oc3nc(-c4ccccc4)ccc3c2cc1-c1cc(CC2CC3CCC2CC3)ccn1. The maximum atomic E-state index is 6.10. The Hall–Kier alpha value is -3.90. The van der Waals surface area contributed by atoms with Crippen LogP contribution < -0.4 is 4.40 Å². The number of pyridine rings is 3. The van der Waals surface area contributed by atoms with E-state index in [1.54, 1.807) is 0 Å². The number of hydrogen-bond acceptors (Lipinski definition) is 4. The van der Waals surface area contributed by atoms with Gasteiger partial charge in [-0.15, -0.1) is 23.8 Å². The van der Waals surface area contributed by atoms with E-state index in [4.69, 9.17) is 19.4 Å². The molecule has 0 spiro atoms. The predicted molar refractivity (Wildman–Crippen MR) is 231 cm³/mol. The molecular weight excluding hydrogens is 923 g/mol. The predicted octanol–water partition coefficient (Wildman–Crippen LogP) is 12.6. The number of hydrogen-bond donors (Lipinski definition) is 0. The van der Waals surface area contributed by atoms with Crippen LogP contribution in [0.1, 0.15) is 64.0 Å². The standard InChI is InChI=1S/C31H27N2O.C19H26GeN.Ir/c1-2-4-23(5-3-1)28-12-11-26-27-19-24(10-13-30(27)34-31(26)33-28)29-18-21(14-15-32-29)17-25-16-20-6-8-22(25)9-7-20;1-19(2,3)13-16-12-18(15-10-8-7-9-11-15)21-14-17(16)20(4,5)6;/h1-5,11-15,18-20,22,25H,6-9,16-17H2;7-10,12,14H,13H2,1-6H3;/q2*-1;. The summed E-state index contributed by atoms with van der Waals surface area (Å²) in [5.41, 5.74) is 10.8. The largest absolute Gasteiger partial charge is 0.486 e. The molecule has 3 aromatic carbocycles. The summed E-state index contributed by atoms with van der Waals surface area (Å²) in [7, 11) is 0. The Morgan fingerprint density at radius 3 is 2.23 bits per heavy atom. The van der Waals surface area contributed by atoms with Crippen molar-refractivity contribution in [2.75, 3.05) is 0 Å². The molecular formula is C50H53GeIrN3O-2. The number of fused-ring (bicyclic) bond motifs is 6. The molecule has 3 saturated carbocycles. The Morgan fingerprint density at radius 2 is 1.54 bits per heavy atom. The topological polar surface area (TPSA) is 51.8 Å². The number of furan rings is 1. The molecule has 1 radical (unpaired) electrons. The molecule has 4 heterocycles. The summed E-state index contributed by atoms with van der Waals surface area (Å²) in [5, 5.41) is 2.09. The van der Waals surface area contributed by atoms with Crippen LogP contribution in [0.5, 0.6) is 0 Å². The van der Waals surface area contributed by atoms with E-state index < -0.39 is 13.3 Å². The molecule has 1 unspecified atom stereocenters. The Labute approximate surface area is 349 Å². The van der Waals surface area contributed by atoms with Gasteiger partial charge in [-0.2, -0.15) is 0 Å².